The highest BCUT2D eigenvalue weighted by Gasteiger charge is 2.11. The van der Waals surface area contributed by atoms with Gasteiger partial charge in [-0.15, -0.1) is 0 Å². The van der Waals surface area contributed by atoms with Gasteiger partial charge in [-0.25, -0.2) is 4.39 Å². The van der Waals surface area contributed by atoms with Gasteiger partial charge in [0.25, 0.3) is 0 Å². The molecule has 0 heterocycles. The second-order valence-electron chi connectivity index (χ2n) is 4.22. The monoisotopic (exact) mass is 257 g/mol. The van der Waals surface area contributed by atoms with Crippen molar-refractivity contribution in [2.45, 2.75) is 26.0 Å². The van der Waals surface area contributed by atoms with Crippen molar-refractivity contribution in [3.05, 3.63) is 29.6 Å². The third-order valence-corrected chi connectivity index (χ3v) is 3.58. The van der Waals surface area contributed by atoms with Gasteiger partial charge >= 0.3 is 0 Å². The summed E-state index contributed by atoms with van der Waals surface area (Å²) in [5, 5.41) is 9.06. The highest BCUT2D eigenvalue weighted by molar-refractivity contribution is 7.98. The fourth-order valence-electron chi connectivity index (χ4n) is 1.66. The fraction of sp³-hybridized carbons (Fsp3) is 0.538. The Kier molecular flexibility index (Phi) is 5.78. The van der Waals surface area contributed by atoms with Gasteiger partial charge in [0.05, 0.1) is 6.61 Å². The van der Waals surface area contributed by atoms with Crippen LogP contribution in [0.15, 0.2) is 18.2 Å². The Hall–Kier alpha value is -0.740. The summed E-state index contributed by atoms with van der Waals surface area (Å²) in [6.07, 6.45) is 3.14. The van der Waals surface area contributed by atoms with E-state index in [9.17, 15) is 4.39 Å². The SMILES string of the molecule is CSCCC(C)N(C)c1cc(F)cc(CO)c1. The van der Waals surface area contributed by atoms with Crippen LogP contribution in [0.2, 0.25) is 0 Å². The van der Waals surface area contributed by atoms with Gasteiger partial charge < -0.3 is 10.0 Å². The molecule has 1 rings (SSSR count). The first kappa shape index (κ1) is 14.3. The average Bonchev–Trinajstić information content (AvgIpc) is 2.34. The van der Waals surface area contributed by atoms with E-state index < -0.39 is 0 Å². The summed E-state index contributed by atoms with van der Waals surface area (Å²) >= 11 is 1.81. The largest absolute Gasteiger partial charge is 0.392 e. The Morgan fingerprint density at radius 1 is 1.41 bits per heavy atom. The van der Waals surface area contributed by atoms with Gasteiger partial charge in [0.2, 0.25) is 0 Å². The number of rotatable bonds is 6. The van der Waals surface area contributed by atoms with E-state index in [2.05, 4.69) is 18.1 Å². The van der Waals surface area contributed by atoms with Gasteiger partial charge in [-0.2, -0.15) is 11.8 Å². The van der Waals surface area contributed by atoms with Crippen LogP contribution in [-0.2, 0) is 6.61 Å². The first-order valence-corrected chi connectivity index (χ1v) is 7.10. The molecule has 1 N–H and O–H groups in total. The smallest absolute Gasteiger partial charge is 0.125 e. The second kappa shape index (κ2) is 6.87. The molecule has 0 aliphatic heterocycles. The molecular weight excluding hydrogens is 237 g/mol. The molecule has 0 fully saturated rings. The molecule has 0 aromatic heterocycles. The molecule has 2 nitrogen and oxygen atoms in total. The topological polar surface area (TPSA) is 23.5 Å². The van der Waals surface area contributed by atoms with Gasteiger partial charge in [0.1, 0.15) is 5.82 Å². The lowest BCUT2D eigenvalue weighted by molar-refractivity contribution is 0.281. The lowest BCUT2D eigenvalue weighted by Gasteiger charge is -2.27. The van der Waals surface area contributed by atoms with E-state index in [4.69, 9.17) is 5.11 Å². The summed E-state index contributed by atoms with van der Waals surface area (Å²) in [6.45, 7) is 2.00. The maximum absolute atomic E-state index is 13.3. The number of anilines is 1. The summed E-state index contributed by atoms with van der Waals surface area (Å²) in [5.41, 5.74) is 1.44. The van der Waals surface area contributed by atoms with Crippen LogP contribution in [0.5, 0.6) is 0 Å². The lowest BCUT2D eigenvalue weighted by atomic mass is 10.1. The molecule has 1 atom stereocenters. The van der Waals surface area contributed by atoms with E-state index in [1.807, 2.05) is 24.9 Å². The summed E-state index contributed by atoms with van der Waals surface area (Å²) in [7, 11) is 1.96. The van der Waals surface area contributed by atoms with Gasteiger partial charge in [-0.3, -0.25) is 0 Å². The number of hydrogen-bond donors (Lipinski definition) is 1. The number of nitrogens with zero attached hydrogens (tertiary/aromatic N) is 1. The minimum Gasteiger partial charge on any atom is -0.392 e. The third kappa shape index (κ3) is 4.21. The molecule has 0 saturated heterocycles. The predicted molar refractivity (Wildman–Crippen MR) is 73.2 cm³/mol. The molecule has 0 radical (unpaired) electrons. The number of benzene rings is 1. The van der Waals surface area contributed by atoms with Crippen molar-refractivity contribution in [1.82, 2.24) is 0 Å². The molecule has 1 aromatic carbocycles. The Morgan fingerprint density at radius 3 is 2.71 bits per heavy atom. The highest BCUT2D eigenvalue weighted by atomic mass is 32.2. The van der Waals surface area contributed by atoms with Crippen molar-refractivity contribution in [2.75, 3.05) is 24.0 Å². The fourth-order valence-corrected chi connectivity index (χ4v) is 2.24. The van der Waals surface area contributed by atoms with Gasteiger partial charge in [0, 0.05) is 18.8 Å². The number of hydrogen-bond acceptors (Lipinski definition) is 3. The standard InChI is InChI=1S/C13H20FNOS/c1-10(4-5-17-3)15(2)13-7-11(9-16)6-12(14)8-13/h6-8,10,16H,4-5,9H2,1-3H3. The molecule has 0 aliphatic rings. The molecule has 17 heavy (non-hydrogen) atoms. The van der Waals surface area contributed by atoms with Crippen LogP contribution in [0.25, 0.3) is 0 Å². The van der Waals surface area contributed by atoms with E-state index in [-0.39, 0.29) is 12.4 Å². The molecule has 0 saturated carbocycles. The number of thioether (sulfide) groups is 1. The summed E-state index contributed by atoms with van der Waals surface area (Å²) < 4.78 is 13.3. The van der Waals surface area contributed by atoms with Gasteiger partial charge in [-0.05, 0) is 49.1 Å². The maximum Gasteiger partial charge on any atom is 0.125 e. The Labute approximate surface area is 107 Å². The maximum atomic E-state index is 13.3. The van der Waals surface area contributed by atoms with E-state index in [1.165, 1.54) is 12.1 Å². The Balaban J connectivity index is 2.80. The zero-order valence-corrected chi connectivity index (χ0v) is 11.4. The minimum absolute atomic E-state index is 0.127. The van der Waals surface area contributed by atoms with Crippen molar-refractivity contribution < 1.29 is 9.50 Å². The van der Waals surface area contributed by atoms with Crippen LogP contribution in [0.4, 0.5) is 10.1 Å². The minimum atomic E-state index is -0.296. The van der Waals surface area contributed by atoms with Crippen LogP contribution in [-0.4, -0.2) is 30.2 Å². The zero-order valence-electron chi connectivity index (χ0n) is 10.6. The van der Waals surface area contributed by atoms with Crippen LogP contribution in [0.3, 0.4) is 0 Å². The zero-order chi connectivity index (χ0) is 12.8. The summed E-state index contributed by atoms with van der Waals surface area (Å²) in [6, 6.07) is 5.06. The number of halogens is 1. The summed E-state index contributed by atoms with van der Waals surface area (Å²) in [4.78, 5) is 2.05. The van der Waals surface area contributed by atoms with Gasteiger partial charge in [0.15, 0.2) is 0 Å². The van der Waals surface area contributed by atoms with E-state index >= 15 is 0 Å². The molecule has 0 bridgehead atoms. The Bertz CT molecular complexity index is 359. The molecule has 4 heteroatoms. The van der Waals surface area contributed by atoms with Crippen LogP contribution in [0, 0.1) is 5.82 Å². The molecular formula is C13H20FNOS. The number of aliphatic hydroxyl groups excluding tert-OH is 1. The number of aliphatic hydroxyl groups is 1. The normalized spacial score (nSPS) is 12.5. The quantitative estimate of drug-likeness (QED) is 0.847. The predicted octanol–water partition coefficient (Wildman–Crippen LogP) is 2.90. The second-order valence-corrected chi connectivity index (χ2v) is 5.20. The van der Waals surface area contributed by atoms with Crippen LogP contribution in [0.1, 0.15) is 18.9 Å². The van der Waals surface area contributed by atoms with Crippen LogP contribution < -0.4 is 4.90 Å². The first-order valence-electron chi connectivity index (χ1n) is 5.70. The van der Waals surface area contributed by atoms with Crippen molar-refractivity contribution in [2.24, 2.45) is 0 Å². The van der Waals surface area contributed by atoms with Gasteiger partial charge in [-0.1, -0.05) is 0 Å². The Morgan fingerprint density at radius 2 is 2.12 bits per heavy atom. The molecule has 96 valence electrons. The third-order valence-electron chi connectivity index (χ3n) is 2.93. The lowest BCUT2D eigenvalue weighted by Crippen LogP contribution is -2.29. The van der Waals surface area contributed by atoms with E-state index in [0.717, 1.165) is 17.9 Å². The molecule has 0 amide bonds. The van der Waals surface area contributed by atoms with Crippen LogP contribution >= 0.6 is 11.8 Å². The highest BCUT2D eigenvalue weighted by Crippen LogP contribution is 2.21. The summed E-state index contributed by atoms with van der Waals surface area (Å²) in [5.74, 6) is 0.795. The van der Waals surface area contributed by atoms with Crippen molar-refractivity contribution in [1.29, 1.82) is 0 Å². The first-order chi connectivity index (χ1) is 8.08. The van der Waals surface area contributed by atoms with E-state index in [0.29, 0.717) is 11.6 Å². The van der Waals surface area contributed by atoms with Crippen molar-refractivity contribution in [3.63, 3.8) is 0 Å². The van der Waals surface area contributed by atoms with Crippen molar-refractivity contribution >= 4 is 17.4 Å². The molecule has 0 spiro atoms. The molecule has 1 aromatic rings. The van der Waals surface area contributed by atoms with E-state index in [1.54, 1.807) is 0 Å². The average molecular weight is 257 g/mol. The molecule has 1 unspecified atom stereocenters. The molecule has 0 aliphatic carbocycles. The van der Waals surface area contributed by atoms with Crippen molar-refractivity contribution in [3.8, 4) is 0 Å².